The minimum atomic E-state index is -0.682. The summed E-state index contributed by atoms with van der Waals surface area (Å²) >= 11 is 0. The van der Waals surface area contributed by atoms with Crippen LogP contribution in [0.15, 0.2) is 12.2 Å². The van der Waals surface area contributed by atoms with Crippen LogP contribution in [0.4, 0.5) is 0 Å². The predicted octanol–water partition coefficient (Wildman–Crippen LogP) is 5.84. The van der Waals surface area contributed by atoms with E-state index in [1.807, 2.05) is 0 Å². The maximum Gasteiger partial charge on any atom is 0.307 e. The van der Waals surface area contributed by atoms with Gasteiger partial charge in [0.2, 0.25) is 0 Å². The van der Waals surface area contributed by atoms with E-state index in [1.165, 1.54) is 70.6 Å². The summed E-state index contributed by atoms with van der Waals surface area (Å²) in [6.07, 6.45) is 20.1. The molecule has 0 saturated heterocycles. The maximum atomic E-state index is 11.8. The lowest BCUT2D eigenvalue weighted by molar-refractivity contribution is -0.167. The quantitative estimate of drug-likeness (QED) is 0.140. The Kier molecular flexibility index (Phi) is 17.9. The Morgan fingerprint density at radius 3 is 1.85 bits per heavy atom. The second kappa shape index (κ2) is 18.5. The molecule has 2 unspecified atom stereocenters. The molecular formula is C23H45NO3. The minimum Gasteiger partial charge on any atom is -0.444 e. The van der Waals surface area contributed by atoms with Gasteiger partial charge in [0.05, 0.1) is 0 Å². The van der Waals surface area contributed by atoms with Crippen molar-refractivity contribution < 1.29 is 14.6 Å². The summed E-state index contributed by atoms with van der Waals surface area (Å²) in [4.78, 5) is 13.6. The largest absolute Gasteiger partial charge is 0.444 e. The number of nitrogens with zero attached hydrogens (tertiary/aromatic N) is 1. The summed E-state index contributed by atoms with van der Waals surface area (Å²) in [5.41, 5.74) is 0. The first-order valence-electron chi connectivity index (χ1n) is 11.2. The normalized spacial score (nSPS) is 14.0. The van der Waals surface area contributed by atoms with E-state index in [2.05, 4.69) is 19.1 Å². The zero-order valence-corrected chi connectivity index (χ0v) is 18.4. The fourth-order valence-corrected chi connectivity index (χ4v) is 3.17. The van der Waals surface area contributed by atoms with Crippen molar-refractivity contribution in [2.24, 2.45) is 0 Å². The molecule has 160 valence electrons. The molecule has 0 aliphatic rings. The van der Waals surface area contributed by atoms with Crippen molar-refractivity contribution in [1.82, 2.24) is 4.90 Å². The average Bonchev–Trinajstić information content (AvgIpc) is 2.62. The zero-order chi connectivity index (χ0) is 20.3. The Morgan fingerprint density at radius 1 is 0.889 bits per heavy atom. The van der Waals surface area contributed by atoms with Crippen LogP contribution in [0.25, 0.3) is 0 Å². The Hall–Kier alpha value is -0.870. The highest BCUT2D eigenvalue weighted by Gasteiger charge is 2.21. The maximum absolute atomic E-state index is 11.8. The molecule has 4 nitrogen and oxygen atoms in total. The molecule has 0 aromatic rings. The van der Waals surface area contributed by atoms with Crippen LogP contribution in [0.1, 0.15) is 104 Å². The second-order valence-corrected chi connectivity index (χ2v) is 7.92. The van der Waals surface area contributed by atoms with Crippen molar-refractivity contribution in [3.05, 3.63) is 12.2 Å². The van der Waals surface area contributed by atoms with Gasteiger partial charge < -0.3 is 9.84 Å². The molecule has 0 bridgehead atoms. The van der Waals surface area contributed by atoms with E-state index >= 15 is 0 Å². The molecule has 4 heteroatoms. The molecule has 1 N–H and O–H groups in total. The molecule has 0 heterocycles. The third-order valence-corrected chi connectivity index (χ3v) is 4.82. The van der Waals surface area contributed by atoms with Crippen LogP contribution < -0.4 is 0 Å². The zero-order valence-electron chi connectivity index (χ0n) is 18.4. The van der Waals surface area contributed by atoms with Crippen molar-refractivity contribution in [3.8, 4) is 0 Å². The molecule has 2 atom stereocenters. The fourth-order valence-electron chi connectivity index (χ4n) is 3.17. The SMILES string of the molecule is CCCCCCCC/C=C\CCCCCCCC(=O)OC(C(C)O)N(C)C. The van der Waals surface area contributed by atoms with Gasteiger partial charge >= 0.3 is 5.97 Å². The van der Waals surface area contributed by atoms with E-state index in [1.54, 1.807) is 25.9 Å². The summed E-state index contributed by atoms with van der Waals surface area (Å²) in [5, 5.41) is 9.61. The molecule has 0 aromatic heterocycles. The number of hydrogen-bond acceptors (Lipinski definition) is 4. The van der Waals surface area contributed by atoms with Crippen LogP contribution in [-0.2, 0) is 9.53 Å². The van der Waals surface area contributed by atoms with Gasteiger partial charge in [-0.15, -0.1) is 0 Å². The standard InChI is InChI=1S/C23H45NO3/c1-5-6-7-8-9-10-11-12-13-14-15-16-17-18-19-20-22(26)27-23(21(2)25)24(3)4/h12-13,21,23,25H,5-11,14-20H2,1-4H3/b13-12-. The van der Waals surface area contributed by atoms with Gasteiger partial charge in [-0.05, 0) is 53.1 Å². The Morgan fingerprint density at radius 2 is 1.37 bits per heavy atom. The summed E-state index contributed by atoms with van der Waals surface area (Å²) in [5.74, 6) is -0.216. The summed E-state index contributed by atoms with van der Waals surface area (Å²) in [6.45, 7) is 3.90. The molecule has 0 aliphatic carbocycles. The van der Waals surface area contributed by atoms with E-state index in [0.29, 0.717) is 6.42 Å². The lowest BCUT2D eigenvalue weighted by Gasteiger charge is -2.26. The Labute approximate surface area is 168 Å². The molecule has 27 heavy (non-hydrogen) atoms. The smallest absolute Gasteiger partial charge is 0.307 e. The number of unbranched alkanes of at least 4 members (excludes halogenated alkanes) is 11. The lowest BCUT2D eigenvalue weighted by atomic mass is 10.1. The lowest BCUT2D eigenvalue weighted by Crippen LogP contribution is -2.41. The average molecular weight is 384 g/mol. The molecule has 0 radical (unpaired) electrons. The van der Waals surface area contributed by atoms with Gasteiger partial charge in [0.25, 0.3) is 0 Å². The number of allylic oxidation sites excluding steroid dienone is 2. The molecule has 0 fully saturated rings. The number of likely N-dealkylation sites (N-methyl/N-ethyl adjacent to an activating group) is 1. The molecule has 0 aliphatic heterocycles. The number of aliphatic hydroxyl groups excluding tert-OH is 1. The van der Waals surface area contributed by atoms with Gasteiger partial charge in [0, 0.05) is 6.42 Å². The van der Waals surface area contributed by atoms with Gasteiger partial charge in [0.1, 0.15) is 6.10 Å². The van der Waals surface area contributed by atoms with Gasteiger partial charge in [-0.2, -0.15) is 0 Å². The van der Waals surface area contributed by atoms with Gasteiger partial charge in [-0.1, -0.05) is 70.4 Å². The monoisotopic (exact) mass is 383 g/mol. The number of aliphatic hydroxyl groups is 1. The van der Waals surface area contributed by atoms with E-state index < -0.39 is 12.3 Å². The first-order chi connectivity index (χ1) is 13.0. The summed E-state index contributed by atoms with van der Waals surface area (Å²) in [7, 11) is 3.60. The van der Waals surface area contributed by atoms with Crippen molar-refractivity contribution in [3.63, 3.8) is 0 Å². The third kappa shape index (κ3) is 17.0. The molecule has 0 amide bonds. The van der Waals surface area contributed by atoms with Crippen molar-refractivity contribution in [2.75, 3.05) is 14.1 Å². The van der Waals surface area contributed by atoms with Gasteiger partial charge in [-0.25, -0.2) is 0 Å². The van der Waals surface area contributed by atoms with Crippen molar-refractivity contribution >= 4 is 5.97 Å². The predicted molar refractivity (Wildman–Crippen MR) is 115 cm³/mol. The van der Waals surface area contributed by atoms with E-state index in [-0.39, 0.29) is 5.97 Å². The third-order valence-electron chi connectivity index (χ3n) is 4.82. The highest BCUT2D eigenvalue weighted by atomic mass is 16.6. The van der Waals surface area contributed by atoms with Crippen LogP contribution in [-0.4, -0.2) is 42.4 Å². The van der Waals surface area contributed by atoms with Crippen molar-refractivity contribution in [2.45, 2.75) is 116 Å². The van der Waals surface area contributed by atoms with E-state index in [9.17, 15) is 9.90 Å². The summed E-state index contributed by atoms with van der Waals surface area (Å²) in [6, 6.07) is 0. The number of rotatable bonds is 18. The van der Waals surface area contributed by atoms with Gasteiger partial charge in [-0.3, -0.25) is 9.69 Å². The van der Waals surface area contributed by atoms with Crippen LogP contribution in [0.5, 0.6) is 0 Å². The molecule has 0 spiro atoms. The van der Waals surface area contributed by atoms with Crippen LogP contribution in [0.2, 0.25) is 0 Å². The topological polar surface area (TPSA) is 49.8 Å². The van der Waals surface area contributed by atoms with E-state index in [0.717, 1.165) is 12.8 Å². The number of ether oxygens (including phenoxy) is 1. The molecule has 0 saturated carbocycles. The van der Waals surface area contributed by atoms with Crippen LogP contribution in [0.3, 0.4) is 0 Å². The first kappa shape index (κ1) is 26.1. The number of hydrogen-bond donors (Lipinski definition) is 1. The first-order valence-corrected chi connectivity index (χ1v) is 11.2. The molecular weight excluding hydrogens is 338 g/mol. The van der Waals surface area contributed by atoms with E-state index in [4.69, 9.17) is 4.74 Å². The second-order valence-electron chi connectivity index (χ2n) is 7.92. The summed E-state index contributed by atoms with van der Waals surface area (Å²) < 4.78 is 5.32. The number of carbonyl (C=O) groups excluding carboxylic acids is 1. The number of carbonyl (C=O) groups is 1. The Balaban J connectivity index is 3.44. The van der Waals surface area contributed by atoms with Crippen molar-refractivity contribution in [1.29, 1.82) is 0 Å². The highest BCUT2D eigenvalue weighted by molar-refractivity contribution is 5.69. The highest BCUT2D eigenvalue weighted by Crippen LogP contribution is 2.11. The Bertz CT molecular complexity index is 359. The van der Waals surface area contributed by atoms with Crippen LogP contribution in [0, 0.1) is 0 Å². The van der Waals surface area contributed by atoms with Crippen LogP contribution >= 0.6 is 0 Å². The molecule has 0 aromatic carbocycles. The van der Waals surface area contributed by atoms with Gasteiger partial charge in [0.15, 0.2) is 6.23 Å². The molecule has 0 rings (SSSR count). The number of esters is 1. The fraction of sp³-hybridized carbons (Fsp3) is 0.870. The minimum absolute atomic E-state index is 0.216.